The highest BCUT2D eigenvalue weighted by Crippen LogP contribution is 2.37. The van der Waals surface area contributed by atoms with Crippen molar-refractivity contribution in [2.75, 3.05) is 19.8 Å². The molecule has 4 rings (SSSR count). The lowest BCUT2D eigenvalue weighted by Gasteiger charge is -2.42. The van der Waals surface area contributed by atoms with E-state index in [1.54, 1.807) is 12.1 Å². The number of allylic oxidation sites excluding steroid dienone is 1. The van der Waals surface area contributed by atoms with E-state index >= 15 is 0 Å². The summed E-state index contributed by atoms with van der Waals surface area (Å²) in [4.78, 5) is 26.5. The fourth-order valence-corrected chi connectivity index (χ4v) is 5.32. The molecule has 12 atom stereocenters. The lowest BCUT2D eigenvalue weighted by molar-refractivity contribution is -0.327. The third-order valence-electron chi connectivity index (χ3n) is 8.07. The molecule has 0 radical (unpaired) electrons. The second kappa shape index (κ2) is 16.3. The van der Waals surface area contributed by atoms with Gasteiger partial charge in [0.1, 0.15) is 54.6 Å². The van der Waals surface area contributed by atoms with Gasteiger partial charge in [0, 0.05) is 17.9 Å². The molecule has 3 heterocycles. The summed E-state index contributed by atoms with van der Waals surface area (Å²) in [6, 6.07) is 6.23. The summed E-state index contributed by atoms with van der Waals surface area (Å²) in [6.45, 7) is -0.0584. The van der Waals surface area contributed by atoms with Crippen LogP contribution in [0.1, 0.15) is 18.9 Å². The highest BCUT2D eigenvalue weighted by molar-refractivity contribution is 5.91. The minimum Gasteiger partial charge on any atom is -0.508 e. The molecule has 2 saturated heterocycles. The van der Waals surface area contributed by atoms with E-state index in [0.717, 1.165) is 11.8 Å². The summed E-state index contributed by atoms with van der Waals surface area (Å²) in [5.41, 5.74) is 0.718. The second-order valence-electron chi connectivity index (χ2n) is 11.2. The van der Waals surface area contributed by atoms with Crippen LogP contribution < -0.4 is 0 Å². The number of aliphatic hydroxyl groups is 8. The summed E-state index contributed by atoms with van der Waals surface area (Å²) in [6.07, 6.45) is -16.1. The molecule has 1 aromatic rings. The van der Waals surface area contributed by atoms with E-state index in [4.69, 9.17) is 28.4 Å². The largest absolute Gasteiger partial charge is 0.508 e. The Hall–Kier alpha value is -3.20. The molecule has 0 bridgehead atoms. The van der Waals surface area contributed by atoms with Crippen molar-refractivity contribution < 1.29 is 84.0 Å². The van der Waals surface area contributed by atoms with Crippen molar-refractivity contribution >= 4 is 11.9 Å². The first-order valence-corrected chi connectivity index (χ1v) is 14.8. The molecule has 0 aliphatic carbocycles. The van der Waals surface area contributed by atoms with Crippen molar-refractivity contribution in [1.82, 2.24) is 0 Å². The van der Waals surface area contributed by atoms with Crippen LogP contribution in [0.25, 0.3) is 0 Å². The molecule has 0 aromatic heterocycles. The van der Waals surface area contributed by atoms with Crippen LogP contribution in [0.3, 0.4) is 0 Å². The van der Waals surface area contributed by atoms with E-state index < -0.39 is 105 Å². The molecule has 3 aliphatic heterocycles. The number of ether oxygens (including phenoxy) is 6. The van der Waals surface area contributed by atoms with Crippen molar-refractivity contribution in [1.29, 1.82) is 0 Å². The number of aliphatic hydroxyl groups excluding tert-OH is 8. The molecule has 17 nitrogen and oxygen atoms in total. The smallest absolute Gasteiger partial charge is 0.337 e. The summed E-state index contributed by atoms with van der Waals surface area (Å²) >= 11 is 0. The molecule has 9 N–H and O–H groups in total. The molecule has 47 heavy (non-hydrogen) atoms. The number of hydrogen-bond acceptors (Lipinski definition) is 17. The van der Waals surface area contributed by atoms with Crippen molar-refractivity contribution in [3.63, 3.8) is 0 Å². The number of carbonyl (C=O) groups excluding carboxylic acids is 2. The zero-order valence-corrected chi connectivity index (χ0v) is 25.2. The van der Waals surface area contributed by atoms with Gasteiger partial charge in [-0.3, -0.25) is 4.79 Å². The van der Waals surface area contributed by atoms with Gasteiger partial charge in [-0.05, 0) is 24.6 Å². The fourth-order valence-electron chi connectivity index (χ4n) is 5.32. The zero-order valence-electron chi connectivity index (χ0n) is 25.2. The molecule has 0 unspecified atom stereocenters. The normalized spacial score (nSPS) is 36.7. The van der Waals surface area contributed by atoms with Crippen molar-refractivity contribution in [3.8, 4) is 5.75 Å². The number of hydrogen-bond donors (Lipinski definition) is 9. The Balaban J connectivity index is 1.53. The Morgan fingerprint density at radius 2 is 1.40 bits per heavy atom. The zero-order chi connectivity index (χ0) is 34.4. The number of carbonyl (C=O) groups is 2. The van der Waals surface area contributed by atoms with Gasteiger partial charge in [-0.1, -0.05) is 18.2 Å². The minimum atomic E-state index is -1.88. The van der Waals surface area contributed by atoms with Gasteiger partial charge < -0.3 is 74.4 Å². The van der Waals surface area contributed by atoms with Gasteiger partial charge in [0.15, 0.2) is 6.29 Å². The Bertz CT molecular complexity index is 1260. The number of phenols is 1. The van der Waals surface area contributed by atoms with Crippen LogP contribution in [-0.4, -0.2) is 145 Å². The molecule has 3 aliphatic rings. The van der Waals surface area contributed by atoms with Crippen molar-refractivity contribution in [3.05, 3.63) is 53.3 Å². The van der Waals surface area contributed by atoms with Gasteiger partial charge in [-0.15, -0.1) is 0 Å². The number of rotatable bonds is 11. The van der Waals surface area contributed by atoms with Crippen molar-refractivity contribution in [2.45, 2.75) is 87.5 Å². The first-order chi connectivity index (χ1) is 22.4. The molecule has 262 valence electrons. The maximum Gasteiger partial charge on any atom is 0.337 e. The molecular weight excluding hydrogens is 632 g/mol. The van der Waals surface area contributed by atoms with Gasteiger partial charge in [-0.25, -0.2) is 4.79 Å². The van der Waals surface area contributed by atoms with Crippen molar-refractivity contribution in [2.24, 2.45) is 5.92 Å². The van der Waals surface area contributed by atoms with Gasteiger partial charge >= 0.3 is 11.9 Å². The Labute approximate surface area is 268 Å². The average molecular weight is 673 g/mol. The van der Waals surface area contributed by atoms with Crippen LogP contribution in [0.2, 0.25) is 0 Å². The molecule has 0 amide bonds. The molecule has 1 aromatic carbocycles. The summed E-state index contributed by atoms with van der Waals surface area (Å²) < 4.78 is 32.7. The van der Waals surface area contributed by atoms with Gasteiger partial charge in [-0.2, -0.15) is 0 Å². The lowest BCUT2D eigenvalue weighted by atomic mass is 9.86. The number of phenolic OH excluding ortho intramolecular Hbond substituents is 1. The first kappa shape index (κ1) is 36.6. The van der Waals surface area contributed by atoms with E-state index in [0.29, 0.717) is 0 Å². The van der Waals surface area contributed by atoms with E-state index in [2.05, 4.69) is 0 Å². The predicted molar refractivity (Wildman–Crippen MR) is 152 cm³/mol. The van der Waals surface area contributed by atoms with Crippen LogP contribution in [0.4, 0.5) is 0 Å². The molecular formula is C30H40O17. The topological polar surface area (TPSA) is 272 Å². The lowest BCUT2D eigenvalue weighted by Crippen LogP contribution is -2.60. The van der Waals surface area contributed by atoms with E-state index in [1.165, 1.54) is 25.1 Å². The van der Waals surface area contributed by atoms with Crippen LogP contribution in [0.5, 0.6) is 5.75 Å². The van der Waals surface area contributed by atoms with E-state index in [9.17, 15) is 55.5 Å². The first-order valence-electron chi connectivity index (χ1n) is 14.8. The van der Waals surface area contributed by atoms with Gasteiger partial charge in [0.25, 0.3) is 0 Å². The molecule has 17 heteroatoms. The quantitative estimate of drug-likeness (QED) is 0.0828. The Morgan fingerprint density at radius 3 is 1.98 bits per heavy atom. The maximum atomic E-state index is 13.3. The third-order valence-corrected chi connectivity index (χ3v) is 8.07. The van der Waals surface area contributed by atoms with Crippen LogP contribution in [0, 0.1) is 5.92 Å². The highest BCUT2D eigenvalue weighted by Gasteiger charge is 2.48. The highest BCUT2D eigenvalue weighted by atomic mass is 16.8. The van der Waals surface area contributed by atoms with Gasteiger partial charge in [0.05, 0.1) is 38.1 Å². The molecule has 0 spiro atoms. The van der Waals surface area contributed by atoms with Crippen LogP contribution in [-0.2, 0) is 44.4 Å². The Kier molecular flexibility index (Phi) is 12.7. The van der Waals surface area contributed by atoms with E-state index in [-0.39, 0.29) is 29.9 Å². The average Bonchev–Trinajstić information content (AvgIpc) is 3.06. The van der Waals surface area contributed by atoms with Crippen LogP contribution in [0.15, 0.2) is 47.7 Å². The number of aromatic hydroxyl groups is 1. The molecule has 2 fully saturated rings. The maximum absolute atomic E-state index is 13.3. The molecule has 0 saturated carbocycles. The summed E-state index contributed by atoms with van der Waals surface area (Å²) in [5.74, 6) is -3.06. The SMILES string of the molecule is C/C=C1\[C@H](O[C@@H]2O[C@H](CO)[C@@H](O)[C@H](O)[C@H]2O)OC=C(C(=O)OCCc2ccc(O)cc2)[C@H]1CC(=O)O[C@@H]1O[C@H](CO)[C@@H](O)[C@H](O)[C@H]1O. The summed E-state index contributed by atoms with van der Waals surface area (Å²) in [7, 11) is 0. The summed E-state index contributed by atoms with van der Waals surface area (Å²) in [5, 5.41) is 89.6. The minimum absolute atomic E-state index is 0.0630. The predicted octanol–water partition coefficient (Wildman–Crippen LogP) is -3.17. The number of esters is 2. The Morgan fingerprint density at radius 1 is 0.830 bits per heavy atom. The van der Waals surface area contributed by atoms with Crippen LogP contribution >= 0.6 is 0 Å². The number of benzene rings is 1. The van der Waals surface area contributed by atoms with Gasteiger partial charge in [0.2, 0.25) is 12.6 Å². The van der Waals surface area contributed by atoms with E-state index in [1.807, 2.05) is 0 Å². The fraction of sp³-hybridized carbons (Fsp3) is 0.600. The standard InChI is InChI=1S/C30H40O17/c1-2-15-16(9-20(34)46-29-25(39)23(37)21(35)18(10-31)44-29)17(27(41)42-8-7-13-3-5-14(33)6-4-13)12-43-28(15)47-30-26(40)24(38)22(36)19(11-32)45-30/h2-6,12,16,18-19,21-26,28-33,35-40H,7-11H2,1H3/b15-2-/t16-,18+,19+,21+,22+,23-,24-,25+,26+,28-,29-,30-/m0/s1. The monoisotopic (exact) mass is 672 g/mol. The second-order valence-corrected chi connectivity index (χ2v) is 11.2. The third kappa shape index (κ3) is 8.45.